The predicted octanol–water partition coefficient (Wildman–Crippen LogP) is 4.54. The number of ether oxygens (including phenoxy) is 1. The third-order valence-corrected chi connectivity index (χ3v) is 7.11. The molecular weight excluding hydrogens is 420 g/mol. The number of Topliss-reactive ketones (excluding diaryl/α,β-unsaturated/α-hetero) is 3. The Kier molecular flexibility index (Phi) is 7.48. The molecule has 7 heteroatoms. The number of carbonyl (C=O) groups is 4. The van der Waals surface area contributed by atoms with E-state index in [9.17, 15) is 24.3 Å². The zero-order valence-corrected chi connectivity index (χ0v) is 19.5. The summed E-state index contributed by atoms with van der Waals surface area (Å²) < 4.78 is 5.38. The van der Waals surface area contributed by atoms with E-state index in [1.165, 1.54) is 13.8 Å². The van der Waals surface area contributed by atoms with Crippen molar-refractivity contribution in [2.75, 3.05) is 0 Å². The molecule has 4 atom stereocenters. The molecular formula is C24H29ClO6. The van der Waals surface area contributed by atoms with Gasteiger partial charge in [-0.2, -0.15) is 0 Å². The first kappa shape index (κ1) is 24.8. The average Bonchev–Trinajstić information content (AvgIpc) is 2.71. The summed E-state index contributed by atoms with van der Waals surface area (Å²) in [6.07, 6.45) is 5.26. The predicted molar refractivity (Wildman–Crippen MR) is 117 cm³/mol. The molecule has 0 bridgehead atoms. The minimum absolute atomic E-state index is 0.0358. The van der Waals surface area contributed by atoms with Gasteiger partial charge in [0.15, 0.2) is 0 Å². The van der Waals surface area contributed by atoms with E-state index in [0.29, 0.717) is 0 Å². The summed E-state index contributed by atoms with van der Waals surface area (Å²) in [7, 11) is 0. The van der Waals surface area contributed by atoms with Gasteiger partial charge in [0.2, 0.25) is 11.6 Å². The molecule has 0 aromatic heterocycles. The van der Waals surface area contributed by atoms with Gasteiger partial charge in [0.25, 0.3) is 0 Å². The first-order chi connectivity index (χ1) is 14.3. The molecule has 0 amide bonds. The quantitative estimate of drug-likeness (QED) is 0.287. The minimum atomic E-state index is -0.760. The van der Waals surface area contributed by atoms with Crippen molar-refractivity contribution in [1.82, 2.24) is 0 Å². The highest BCUT2D eigenvalue weighted by atomic mass is 35.5. The number of carbonyl (C=O) groups excluding carboxylic acids is 4. The van der Waals surface area contributed by atoms with Gasteiger partial charge in [-0.15, -0.1) is 0 Å². The fourth-order valence-electron chi connectivity index (χ4n) is 4.00. The molecule has 0 spiro atoms. The summed E-state index contributed by atoms with van der Waals surface area (Å²) in [6, 6.07) is 0. The molecule has 0 radical (unpaired) electrons. The Hall–Kier alpha value is -2.47. The lowest BCUT2D eigenvalue weighted by molar-refractivity contribution is -0.159. The van der Waals surface area contributed by atoms with Crippen LogP contribution < -0.4 is 0 Å². The largest absolute Gasteiger partial charge is 0.506 e. The van der Waals surface area contributed by atoms with Crippen LogP contribution in [0.25, 0.3) is 0 Å². The van der Waals surface area contributed by atoms with Crippen molar-refractivity contribution in [3.8, 4) is 0 Å². The standard InChI is InChI=1S/C24H29ClO6/c1-12(7-8-17-22(29)20(25)13(2)21(28)23(17)30)9-10-24(6)14(3)18(27)11-19(15(24)4)31-16(5)26/h7,9-10,14-15,19,29H,8,11H2,1-6H3/b10-9+,12-7+/t14-,15+,19?,24+/m0/s1. The van der Waals surface area contributed by atoms with Gasteiger partial charge in [-0.25, -0.2) is 0 Å². The van der Waals surface area contributed by atoms with Crippen molar-refractivity contribution in [1.29, 1.82) is 0 Å². The molecule has 0 saturated heterocycles. The van der Waals surface area contributed by atoms with Gasteiger partial charge in [-0.3, -0.25) is 19.2 Å². The number of hydrogen-bond acceptors (Lipinski definition) is 6. The van der Waals surface area contributed by atoms with E-state index in [-0.39, 0.29) is 52.4 Å². The van der Waals surface area contributed by atoms with E-state index in [0.717, 1.165) is 5.57 Å². The van der Waals surface area contributed by atoms with Crippen LogP contribution in [0.4, 0.5) is 0 Å². The van der Waals surface area contributed by atoms with Crippen molar-refractivity contribution in [2.24, 2.45) is 17.3 Å². The van der Waals surface area contributed by atoms with E-state index in [2.05, 4.69) is 0 Å². The summed E-state index contributed by atoms with van der Waals surface area (Å²) >= 11 is 5.96. The Morgan fingerprint density at radius 1 is 1.23 bits per heavy atom. The number of allylic oxidation sites excluding steroid dienone is 7. The first-order valence-electron chi connectivity index (χ1n) is 10.2. The summed E-state index contributed by atoms with van der Waals surface area (Å²) in [4.78, 5) is 48.2. The highest BCUT2D eigenvalue weighted by Crippen LogP contribution is 2.46. The molecule has 0 aromatic carbocycles. The number of rotatable bonds is 5. The summed E-state index contributed by atoms with van der Waals surface area (Å²) in [5.74, 6) is -2.55. The summed E-state index contributed by atoms with van der Waals surface area (Å²) in [6.45, 7) is 10.4. The Balaban J connectivity index is 2.26. The summed E-state index contributed by atoms with van der Waals surface area (Å²) in [5, 5.41) is 10.1. The summed E-state index contributed by atoms with van der Waals surface area (Å²) in [5.41, 5.74) is 0.245. The maximum atomic E-state index is 12.5. The van der Waals surface area contributed by atoms with Crippen LogP contribution in [0.1, 0.15) is 54.4 Å². The number of aliphatic hydroxyl groups excluding tert-OH is 1. The number of esters is 1. The lowest BCUT2D eigenvalue weighted by Gasteiger charge is -2.45. The zero-order valence-electron chi connectivity index (χ0n) is 18.7. The van der Waals surface area contributed by atoms with Crippen molar-refractivity contribution in [3.05, 3.63) is 45.7 Å². The Bertz CT molecular complexity index is 951. The van der Waals surface area contributed by atoms with Crippen LogP contribution in [0.2, 0.25) is 0 Å². The normalized spacial score (nSPS) is 30.5. The Morgan fingerprint density at radius 2 is 1.84 bits per heavy atom. The molecule has 6 nitrogen and oxygen atoms in total. The van der Waals surface area contributed by atoms with Crippen molar-refractivity contribution < 1.29 is 29.0 Å². The SMILES string of the molecule is CC(=O)OC1CC(=O)[C@H](C)[C@@](C)(/C=C/C(C)=C/CC2=C(O)C(Cl)=C(C)C(=O)C2=O)[C@@H]1C. The molecule has 1 saturated carbocycles. The van der Waals surface area contributed by atoms with Gasteiger partial charge in [0, 0.05) is 36.2 Å². The fraction of sp³-hybridized carbons (Fsp3) is 0.500. The second kappa shape index (κ2) is 9.35. The van der Waals surface area contributed by atoms with E-state index in [1.54, 1.807) is 6.08 Å². The molecule has 1 unspecified atom stereocenters. The van der Waals surface area contributed by atoms with Crippen LogP contribution in [0.5, 0.6) is 0 Å². The van der Waals surface area contributed by atoms with Crippen LogP contribution in [-0.4, -0.2) is 34.5 Å². The molecule has 1 fully saturated rings. The van der Waals surface area contributed by atoms with Gasteiger partial charge >= 0.3 is 5.97 Å². The first-order valence-corrected chi connectivity index (χ1v) is 10.6. The molecule has 0 aromatic rings. The van der Waals surface area contributed by atoms with Crippen molar-refractivity contribution in [2.45, 2.75) is 60.5 Å². The topological polar surface area (TPSA) is 97.7 Å². The highest BCUT2D eigenvalue weighted by molar-refractivity contribution is 6.53. The lowest BCUT2D eigenvalue weighted by Crippen LogP contribution is -2.48. The third-order valence-electron chi connectivity index (χ3n) is 6.65. The lowest BCUT2D eigenvalue weighted by atomic mass is 9.60. The van der Waals surface area contributed by atoms with Crippen LogP contribution >= 0.6 is 11.6 Å². The molecule has 0 heterocycles. The second-order valence-corrected chi connectivity index (χ2v) is 8.98. The minimum Gasteiger partial charge on any atom is -0.506 e. The molecule has 1 N–H and O–H groups in total. The molecule has 2 aliphatic carbocycles. The Labute approximate surface area is 187 Å². The molecule has 168 valence electrons. The number of halogens is 1. The van der Waals surface area contributed by atoms with Gasteiger partial charge in [-0.05, 0) is 20.3 Å². The zero-order chi connectivity index (χ0) is 23.7. The van der Waals surface area contributed by atoms with E-state index >= 15 is 0 Å². The monoisotopic (exact) mass is 448 g/mol. The number of aliphatic hydroxyl groups is 1. The smallest absolute Gasteiger partial charge is 0.302 e. The van der Waals surface area contributed by atoms with Crippen LogP contribution in [-0.2, 0) is 23.9 Å². The average molecular weight is 449 g/mol. The van der Waals surface area contributed by atoms with Gasteiger partial charge in [-0.1, -0.05) is 56.2 Å². The maximum Gasteiger partial charge on any atom is 0.302 e. The van der Waals surface area contributed by atoms with Crippen LogP contribution in [0, 0.1) is 17.3 Å². The molecule has 0 aliphatic heterocycles. The number of ketones is 3. The van der Waals surface area contributed by atoms with Crippen LogP contribution in [0.15, 0.2) is 45.7 Å². The van der Waals surface area contributed by atoms with E-state index in [4.69, 9.17) is 16.3 Å². The van der Waals surface area contributed by atoms with Gasteiger partial charge in [0.05, 0.1) is 10.6 Å². The van der Waals surface area contributed by atoms with E-state index in [1.807, 2.05) is 39.8 Å². The third kappa shape index (κ3) is 4.90. The molecule has 31 heavy (non-hydrogen) atoms. The second-order valence-electron chi connectivity index (χ2n) is 8.60. The highest BCUT2D eigenvalue weighted by Gasteiger charge is 2.48. The van der Waals surface area contributed by atoms with Crippen molar-refractivity contribution in [3.63, 3.8) is 0 Å². The fourth-order valence-corrected chi connectivity index (χ4v) is 4.20. The number of hydrogen-bond donors (Lipinski definition) is 1. The molecule has 2 rings (SSSR count). The van der Waals surface area contributed by atoms with Crippen molar-refractivity contribution >= 4 is 34.9 Å². The van der Waals surface area contributed by atoms with E-state index < -0.39 is 29.1 Å². The Morgan fingerprint density at radius 3 is 2.42 bits per heavy atom. The maximum absolute atomic E-state index is 12.5. The molecule has 2 aliphatic rings. The van der Waals surface area contributed by atoms with Gasteiger partial charge < -0.3 is 9.84 Å². The van der Waals surface area contributed by atoms with Crippen LogP contribution in [0.3, 0.4) is 0 Å². The van der Waals surface area contributed by atoms with Gasteiger partial charge in [0.1, 0.15) is 17.6 Å².